The molecular weight excluding hydrogens is 368 g/mol. The molecule has 0 radical (unpaired) electrons. The average molecular weight is 396 g/mol. The monoisotopic (exact) mass is 396 g/mol. The fourth-order valence-corrected chi connectivity index (χ4v) is 5.56. The first-order chi connectivity index (χ1) is 14.1. The summed E-state index contributed by atoms with van der Waals surface area (Å²) in [6, 6.07) is 4.07. The zero-order valence-electron chi connectivity index (χ0n) is 16.8. The Bertz CT molecular complexity index is 836. The number of nitrogens with zero attached hydrogens (tertiary/aromatic N) is 4. The highest BCUT2D eigenvalue weighted by atomic mass is 16.5. The lowest BCUT2D eigenvalue weighted by Gasteiger charge is -2.36. The minimum atomic E-state index is -0.566. The first-order valence-electron chi connectivity index (χ1n) is 10.7. The Hall–Kier alpha value is -2.17. The average Bonchev–Trinajstić information content (AvgIpc) is 3.32. The summed E-state index contributed by atoms with van der Waals surface area (Å²) in [5, 5.41) is 20.3. The van der Waals surface area contributed by atoms with Gasteiger partial charge in [0.2, 0.25) is 5.91 Å². The fourth-order valence-electron chi connectivity index (χ4n) is 5.56. The van der Waals surface area contributed by atoms with E-state index in [1.54, 1.807) is 12.4 Å². The van der Waals surface area contributed by atoms with Crippen molar-refractivity contribution in [2.75, 3.05) is 31.6 Å². The van der Waals surface area contributed by atoms with Crippen molar-refractivity contribution in [1.82, 2.24) is 9.88 Å². The van der Waals surface area contributed by atoms with Crippen molar-refractivity contribution in [2.45, 2.75) is 44.0 Å². The van der Waals surface area contributed by atoms with Crippen LogP contribution in [0.2, 0.25) is 0 Å². The number of anilines is 1. The molecule has 1 amide bonds. The molecule has 7 nitrogen and oxygen atoms in total. The van der Waals surface area contributed by atoms with E-state index in [-0.39, 0.29) is 35.9 Å². The van der Waals surface area contributed by atoms with Crippen LogP contribution < -0.4 is 4.90 Å². The van der Waals surface area contributed by atoms with Crippen molar-refractivity contribution in [3.63, 3.8) is 0 Å². The number of amides is 1. The van der Waals surface area contributed by atoms with Crippen LogP contribution in [-0.2, 0) is 9.53 Å². The van der Waals surface area contributed by atoms with Crippen LogP contribution in [0.15, 0.2) is 18.5 Å². The summed E-state index contributed by atoms with van der Waals surface area (Å²) in [4.78, 5) is 21.2. The van der Waals surface area contributed by atoms with Crippen LogP contribution in [0, 0.1) is 35.0 Å². The Morgan fingerprint density at radius 3 is 2.97 bits per heavy atom. The Labute approximate surface area is 171 Å². The summed E-state index contributed by atoms with van der Waals surface area (Å²) in [6.45, 7) is 2.18. The van der Waals surface area contributed by atoms with Crippen molar-refractivity contribution < 1.29 is 14.6 Å². The molecule has 0 aromatic carbocycles. The van der Waals surface area contributed by atoms with Crippen LogP contribution in [0.25, 0.3) is 0 Å². The molecule has 1 N–H and O–H groups in total. The number of aliphatic hydroxyl groups excluding tert-OH is 1. The number of hydrogen-bond donors (Lipinski definition) is 1. The van der Waals surface area contributed by atoms with Gasteiger partial charge in [-0.3, -0.25) is 9.78 Å². The normalized spacial score (nSPS) is 35.3. The zero-order valence-corrected chi connectivity index (χ0v) is 16.8. The van der Waals surface area contributed by atoms with E-state index in [1.807, 2.05) is 18.0 Å². The molecule has 4 heterocycles. The number of carbonyl (C=O) groups excluding carboxylic acids is 1. The van der Waals surface area contributed by atoms with E-state index in [1.165, 1.54) is 12.8 Å². The summed E-state index contributed by atoms with van der Waals surface area (Å²) in [5.41, 5.74) is 1.39. The number of rotatable bonds is 5. The second kappa shape index (κ2) is 7.26. The summed E-state index contributed by atoms with van der Waals surface area (Å²) in [5.74, 6) is 0.934. The third kappa shape index (κ3) is 3.28. The highest BCUT2D eigenvalue weighted by Gasteiger charge is 2.58. The van der Waals surface area contributed by atoms with Crippen molar-refractivity contribution in [2.24, 2.45) is 23.7 Å². The van der Waals surface area contributed by atoms with Crippen LogP contribution in [-0.4, -0.2) is 65.9 Å². The molecule has 1 aromatic heterocycles. The van der Waals surface area contributed by atoms with E-state index in [4.69, 9.17) is 4.74 Å². The lowest BCUT2D eigenvalue weighted by atomic mass is 9.83. The molecule has 3 aliphatic heterocycles. The standard InChI is InChI=1S/C22H28N4O3/c1-25(7-5-13-2-3-13)22(28)15-8-19-20(27)16-11-26(12-17(16)21(15)29-19)18-4-6-24-10-14(18)9-23/h4,6,10,13,15-17,19-21,27H,2-3,5,7-8,11-12H2,1H3/t15?,16-,17+,19+,20+,21-/m1/s1. The second-order valence-corrected chi connectivity index (χ2v) is 9.20. The molecule has 5 rings (SSSR count). The number of fused-ring (bicyclic) bond motifs is 4. The van der Waals surface area contributed by atoms with Gasteiger partial charge >= 0.3 is 0 Å². The number of aromatic nitrogens is 1. The molecule has 1 aromatic rings. The van der Waals surface area contributed by atoms with Gasteiger partial charge in [0.25, 0.3) is 0 Å². The lowest BCUT2D eigenvalue weighted by molar-refractivity contribution is -0.146. The molecule has 154 valence electrons. The van der Waals surface area contributed by atoms with E-state index in [0.717, 1.165) is 24.6 Å². The molecule has 0 spiro atoms. The van der Waals surface area contributed by atoms with E-state index in [9.17, 15) is 15.2 Å². The number of nitriles is 1. The molecule has 1 unspecified atom stereocenters. The smallest absolute Gasteiger partial charge is 0.228 e. The zero-order chi connectivity index (χ0) is 20.1. The maximum absolute atomic E-state index is 13.2. The van der Waals surface area contributed by atoms with Crippen LogP contribution in [0.1, 0.15) is 31.2 Å². The Morgan fingerprint density at radius 2 is 2.21 bits per heavy atom. The van der Waals surface area contributed by atoms with Gasteiger partial charge in [0.05, 0.1) is 35.5 Å². The number of carbonyl (C=O) groups is 1. The van der Waals surface area contributed by atoms with Gasteiger partial charge in [-0.25, -0.2) is 0 Å². The van der Waals surface area contributed by atoms with Crippen molar-refractivity contribution >= 4 is 11.6 Å². The maximum atomic E-state index is 13.2. The van der Waals surface area contributed by atoms with Gasteiger partial charge in [0.15, 0.2) is 0 Å². The quantitative estimate of drug-likeness (QED) is 0.810. The van der Waals surface area contributed by atoms with Gasteiger partial charge in [0, 0.05) is 50.9 Å². The molecule has 3 saturated heterocycles. The van der Waals surface area contributed by atoms with Crippen LogP contribution in [0.4, 0.5) is 5.69 Å². The van der Waals surface area contributed by atoms with E-state index in [0.29, 0.717) is 25.1 Å². The number of ether oxygens (including phenoxy) is 1. The number of aliphatic hydroxyl groups is 1. The predicted octanol–water partition coefficient (Wildman–Crippen LogP) is 1.41. The van der Waals surface area contributed by atoms with E-state index < -0.39 is 6.10 Å². The summed E-state index contributed by atoms with van der Waals surface area (Å²) >= 11 is 0. The minimum Gasteiger partial charge on any atom is -0.390 e. The van der Waals surface area contributed by atoms with Gasteiger partial charge in [0.1, 0.15) is 6.07 Å². The van der Waals surface area contributed by atoms with E-state index in [2.05, 4.69) is 16.0 Å². The number of pyridine rings is 1. The highest BCUT2D eigenvalue weighted by molar-refractivity contribution is 5.79. The second-order valence-electron chi connectivity index (χ2n) is 9.20. The van der Waals surface area contributed by atoms with Crippen LogP contribution >= 0.6 is 0 Å². The fraction of sp³-hybridized carbons (Fsp3) is 0.682. The van der Waals surface area contributed by atoms with Crippen molar-refractivity contribution in [3.05, 3.63) is 24.0 Å². The molecule has 6 atom stereocenters. The molecule has 4 fully saturated rings. The molecule has 7 heteroatoms. The molecule has 4 aliphatic rings. The minimum absolute atomic E-state index is 0.0630. The van der Waals surface area contributed by atoms with Crippen LogP contribution in [0.5, 0.6) is 0 Å². The summed E-state index contributed by atoms with van der Waals surface area (Å²) < 4.78 is 6.18. The number of hydrogen-bond acceptors (Lipinski definition) is 6. The first-order valence-corrected chi connectivity index (χ1v) is 10.7. The van der Waals surface area contributed by atoms with Gasteiger partial charge in [-0.15, -0.1) is 0 Å². The van der Waals surface area contributed by atoms with Gasteiger partial charge < -0.3 is 19.6 Å². The highest BCUT2D eigenvalue weighted by Crippen LogP contribution is 2.48. The van der Waals surface area contributed by atoms with Crippen molar-refractivity contribution in [3.8, 4) is 6.07 Å². The Balaban J connectivity index is 1.33. The third-order valence-electron chi connectivity index (χ3n) is 7.39. The summed E-state index contributed by atoms with van der Waals surface area (Å²) in [7, 11) is 1.90. The SMILES string of the molecule is CN(CCC1CC1)C(=O)C1C[C@@H]2O[C@H]1[C@H]1CN(c3ccncc3C#N)C[C@H]1[C@@H]2O. The molecular formula is C22H28N4O3. The summed E-state index contributed by atoms with van der Waals surface area (Å²) in [6.07, 6.45) is 6.59. The first kappa shape index (κ1) is 18.8. The van der Waals surface area contributed by atoms with Gasteiger partial charge in [-0.2, -0.15) is 5.26 Å². The predicted molar refractivity (Wildman–Crippen MR) is 106 cm³/mol. The molecule has 1 aliphatic carbocycles. The molecule has 29 heavy (non-hydrogen) atoms. The van der Waals surface area contributed by atoms with Gasteiger partial charge in [-0.05, 0) is 24.8 Å². The molecule has 2 bridgehead atoms. The maximum Gasteiger partial charge on any atom is 0.228 e. The third-order valence-corrected chi connectivity index (χ3v) is 7.39. The molecule has 1 saturated carbocycles. The largest absolute Gasteiger partial charge is 0.390 e. The van der Waals surface area contributed by atoms with Crippen LogP contribution in [0.3, 0.4) is 0 Å². The van der Waals surface area contributed by atoms with Gasteiger partial charge in [-0.1, -0.05) is 12.8 Å². The topological polar surface area (TPSA) is 89.7 Å². The van der Waals surface area contributed by atoms with Crippen molar-refractivity contribution in [1.29, 1.82) is 5.26 Å². The Kier molecular flexibility index (Phi) is 4.72. The van der Waals surface area contributed by atoms with E-state index >= 15 is 0 Å². The Morgan fingerprint density at radius 1 is 1.41 bits per heavy atom. The lowest BCUT2D eigenvalue weighted by Crippen LogP contribution is -2.47.